The number of benzene rings is 2. The van der Waals surface area contributed by atoms with Crippen LogP contribution in [0.15, 0.2) is 42.2 Å². The fourth-order valence-corrected chi connectivity index (χ4v) is 4.21. The molecular formula is C25H25F5O3. The van der Waals surface area contributed by atoms with Crippen LogP contribution in [-0.2, 0) is 14.2 Å². The molecule has 0 saturated carbocycles. The summed E-state index contributed by atoms with van der Waals surface area (Å²) in [5.41, 5.74) is 1.37. The number of allylic oxidation sites excluding steroid dienone is 1. The maximum Gasteiger partial charge on any atom is 0.194 e. The van der Waals surface area contributed by atoms with Crippen molar-refractivity contribution < 1.29 is 36.2 Å². The van der Waals surface area contributed by atoms with E-state index >= 15 is 0 Å². The molecule has 2 aromatic carbocycles. The van der Waals surface area contributed by atoms with E-state index in [0.29, 0.717) is 26.1 Å². The zero-order chi connectivity index (χ0) is 23.5. The molecule has 2 aromatic rings. The van der Waals surface area contributed by atoms with Gasteiger partial charge in [-0.05, 0) is 42.5 Å². The molecule has 2 heterocycles. The molecule has 0 amide bonds. The summed E-state index contributed by atoms with van der Waals surface area (Å²) in [6, 6.07) is 8.50. The highest BCUT2D eigenvalue weighted by molar-refractivity contribution is 5.61. The van der Waals surface area contributed by atoms with Gasteiger partial charge in [-0.15, -0.1) is 0 Å². The molecule has 3 nitrogen and oxygen atoms in total. The van der Waals surface area contributed by atoms with E-state index in [4.69, 9.17) is 14.2 Å². The summed E-state index contributed by atoms with van der Waals surface area (Å²) in [7, 11) is 0. The Labute approximate surface area is 189 Å². The molecule has 2 atom stereocenters. The molecule has 0 spiro atoms. The first-order valence-electron chi connectivity index (χ1n) is 11.0. The Bertz CT molecular complexity index is 969. The molecule has 8 heteroatoms. The Morgan fingerprint density at radius 2 is 1.48 bits per heavy atom. The average Bonchev–Trinajstić information content (AvgIpc) is 2.86. The van der Waals surface area contributed by atoms with E-state index in [9.17, 15) is 22.0 Å². The number of rotatable bonds is 5. The van der Waals surface area contributed by atoms with Gasteiger partial charge in [0.2, 0.25) is 0 Å². The van der Waals surface area contributed by atoms with Gasteiger partial charge in [0, 0.05) is 17.4 Å². The smallest absolute Gasteiger partial charge is 0.194 e. The summed E-state index contributed by atoms with van der Waals surface area (Å²) < 4.78 is 85.2. The van der Waals surface area contributed by atoms with E-state index in [1.165, 1.54) is 0 Å². The van der Waals surface area contributed by atoms with E-state index < -0.39 is 41.5 Å². The third-order valence-electron chi connectivity index (χ3n) is 6.18. The van der Waals surface area contributed by atoms with Crippen molar-refractivity contribution in [2.24, 2.45) is 5.92 Å². The molecule has 2 fully saturated rings. The van der Waals surface area contributed by atoms with Crippen LogP contribution in [0.2, 0.25) is 0 Å². The van der Waals surface area contributed by atoms with Crippen molar-refractivity contribution in [2.75, 3.05) is 19.8 Å². The van der Waals surface area contributed by atoms with Crippen LogP contribution in [0, 0.1) is 23.4 Å². The fraction of sp³-hybridized carbons (Fsp3) is 0.440. The van der Waals surface area contributed by atoms with Crippen molar-refractivity contribution in [3.8, 4) is 0 Å². The standard InChI is InChI=1S/C25H25F5O3/c1-2-19(26)23(29)15-5-3-14(4-6-15)18-12-32-25(33-13-18)16-7-8-22(31-11-16)17-9-20(27)24(30)21(28)10-17/h3-6,9-10,16,18,22,25H,2,7-8,11-13H2,1H3. The van der Waals surface area contributed by atoms with Gasteiger partial charge in [0.05, 0.1) is 25.9 Å². The summed E-state index contributed by atoms with van der Waals surface area (Å²) in [6.07, 6.45) is 0.165. The second-order valence-corrected chi connectivity index (χ2v) is 8.38. The lowest BCUT2D eigenvalue weighted by molar-refractivity contribution is -0.231. The minimum atomic E-state index is -1.49. The monoisotopic (exact) mass is 468 g/mol. The predicted octanol–water partition coefficient (Wildman–Crippen LogP) is 6.75. The fourth-order valence-electron chi connectivity index (χ4n) is 4.21. The van der Waals surface area contributed by atoms with Crippen molar-refractivity contribution in [3.63, 3.8) is 0 Å². The molecule has 0 bridgehead atoms. The van der Waals surface area contributed by atoms with Gasteiger partial charge in [-0.1, -0.05) is 31.2 Å². The van der Waals surface area contributed by atoms with Crippen LogP contribution >= 0.6 is 0 Å². The molecule has 0 aliphatic carbocycles. The maximum absolute atomic E-state index is 13.9. The van der Waals surface area contributed by atoms with Gasteiger partial charge in [0.25, 0.3) is 0 Å². The third-order valence-corrected chi connectivity index (χ3v) is 6.18. The van der Waals surface area contributed by atoms with Gasteiger partial charge in [-0.3, -0.25) is 0 Å². The molecular weight excluding hydrogens is 443 g/mol. The topological polar surface area (TPSA) is 27.7 Å². The molecule has 4 rings (SSSR count). The predicted molar refractivity (Wildman–Crippen MR) is 112 cm³/mol. The van der Waals surface area contributed by atoms with E-state index in [1.807, 2.05) is 0 Å². The number of hydrogen-bond acceptors (Lipinski definition) is 3. The zero-order valence-corrected chi connectivity index (χ0v) is 18.1. The van der Waals surface area contributed by atoms with E-state index in [0.717, 1.165) is 17.7 Å². The number of halogens is 5. The van der Waals surface area contributed by atoms with Crippen molar-refractivity contribution in [1.82, 2.24) is 0 Å². The van der Waals surface area contributed by atoms with Crippen molar-refractivity contribution in [3.05, 3.63) is 76.4 Å². The Balaban J connectivity index is 1.29. The molecule has 0 N–H and O–H groups in total. The summed E-state index contributed by atoms with van der Waals surface area (Å²) in [5, 5.41) is 0. The molecule has 2 unspecified atom stereocenters. The van der Waals surface area contributed by atoms with Crippen LogP contribution in [0.5, 0.6) is 0 Å². The zero-order valence-electron chi connectivity index (χ0n) is 18.1. The minimum absolute atomic E-state index is 0.00256. The quantitative estimate of drug-likeness (QED) is 0.359. The van der Waals surface area contributed by atoms with Gasteiger partial charge >= 0.3 is 0 Å². The van der Waals surface area contributed by atoms with Crippen molar-refractivity contribution in [2.45, 2.75) is 44.5 Å². The van der Waals surface area contributed by atoms with Crippen LogP contribution in [0.25, 0.3) is 5.83 Å². The lowest BCUT2D eigenvalue weighted by Crippen LogP contribution is -2.40. The van der Waals surface area contributed by atoms with E-state index in [2.05, 4.69) is 0 Å². The lowest BCUT2D eigenvalue weighted by Gasteiger charge is -2.37. The SMILES string of the molecule is CCC(F)=C(F)c1ccc(C2COC(C3CCC(c4cc(F)c(F)c(F)c4)OC3)OC2)cc1. The Hall–Kier alpha value is -2.29. The molecule has 2 aliphatic rings. The van der Waals surface area contributed by atoms with Crippen molar-refractivity contribution in [1.29, 1.82) is 0 Å². The summed E-state index contributed by atoms with van der Waals surface area (Å²) in [4.78, 5) is 0. The normalized spacial score (nSPS) is 26.7. The molecule has 2 aliphatic heterocycles. The van der Waals surface area contributed by atoms with Crippen LogP contribution < -0.4 is 0 Å². The average molecular weight is 468 g/mol. The molecule has 0 radical (unpaired) electrons. The second kappa shape index (κ2) is 10.3. The van der Waals surface area contributed by atoms with Gasteiger partial charge in [-0.25, -0.2) is 22.0 Å². The molecule has 33 heavy (non-hydrogen) atoms. The summed E-state index contributed by atoms with van der Waals surface area (Å²) >= 11 is 0. The second-order valence-electron chi connectivity index (χ2n) is 8.38. The molecule has 0 aromatic heterocycles. The van der Waals surface area contributed by atoms with Crippen LogP contribution in [-0.4, -0.2) is 26.1 Å². The van der Waals surface area contributed by atoms with Gasteiger partial charge in [0.15, 0.2) is 29.6 Å². The number of ether oxygens (including phenoxy) is 3. The van der Waals surface area contributed by atoms with Crippen molar-refractivity contribution >= 4 is 5.83 Å². The Morgan fingerprint density at radius 1 is 0.848 bits per heavy atom. The highest BCUT2D eigenvalue weighted by atomic mass is 19.2. The molecule has 2 saturated heterocycles. The largest absolute Gasteiger partial charge is 0.373 e. The maximum atomic E-state index is 13.9. The Kier molecular flexibility index (Phi) is 7.46. The Morgan fingerprint density at radius 3 is 2.03 bits per heavy atom. The first-order valence-corrected chi connectivity index (χ1v) is 11.0. The lowest BCUT2D eigenvalue weighted by atomic mass is 9.93. The van der Waals surface area contributed by atoms with Gasteiger partial charge in [-0.2, -0.15) is 0 Å². The van der Waals surface area contributed by atoms with Gasteiger partial charge in [0.1, 0.15) is 5.83 Å². The summed E-state index contributed by atoms with van der Waals surface area (Å²) in [6.45, 7) is 2.64. The van der Waals surface area contributed by atoms with Crippen LogP contribution in [0.4, 0.5) is 22.0 Å². The molecule has 178 valence electrons. The van der Waals surface area contributed by atoms with E-state index in [-0.39, 0.29) is 36.0 Å². The number of hydrogen-bond donors (Lipinski definition) is 0. The minimum Gasteiger partial charge on any atom is -0.373 e. The highest BCUT2D eigenvalue weighted by Crippen LogP contribution is 2.36. The van der Waals surface area contributed by atoms with E-state index in [1.54, 1.807) is 31.2 Å². The van der Waals surface area contributed by atoms with Crippen LogP contribution in [0.1, 0.15) is 54.9 Å². The first-order chi connectivity index (χ1) is 15.9. The highest BCUT2D eigenvalue weighted by Gasteiger charge is 2.34. The third kappa shape index (κ3) is 5.28. The van der Waals surface area contributed by atoms with Gasteiger partial charge < -0.3 is 14.2 Å². The first kappa shape index (κ1) is 23.9. The van der Waals surface area contributed by atoms with Crippen LogP contribution in [0.3, 0.4) is 0 Å². The summed E-state index contributed by atoms with van der Waals surface area (Å²) in [5.74, 6) is -5.67.